The lowest BCUT2D eigenvalue weighted by atomic mass is 10.2. The number of nitrogens with one attached hydrogen (secondary N) is 2. The number of esters is 1. The van der Waals surface area contributed by atoms with Crippen LogP contribution in [0.3, 0.4) is 0 Å². The molecule has 6 nitrogen and oxygen atoms in total. The van der Waals surface area contributed by atoms with Crippen molar-refractivity contribution in [2.45, 2.75) is 13.3 Å². The minimum atomic E-state index is -0.415. The van der Waals surface area contributed by atoms with E-state index in [2.05, 4.69) is 15.6 Å². The van der Waals surface area contributed by atoms with E-state index in [4.69, 9.17) is 28.6 Å². The highest BCUT2D eigenvalue weighted by molar-refractivity contribution is 7.80. The average Bonchev–Trinajstić information content (AvgIpc) is 2.94. The van der Waals surface area contributed by atoms with Crippen LogP contribution in [-0.2, 0) is 16.0 Å². The second-order valence-electron chi connectivity index (χ2n) is 4.51. The summed E-state index contributed by atoms with van der Waals surface area (Å²) in [6, 6.07) is 6.66. The van der Waals surface area contributed by atoms with Crippen molar-refractivity contribution in [2.75, 3.05) is 11.9 Å². The summed E-state index contributed by atoms with van der Waals surface area (Å²) in [7, 11) is 0. The minimum Gasteiger partial charge on any atom is -0.466 e. The van der Waals surface area contributed by atoms with E-state index in [1.54, 1.807) is 36.6 Å². The van der Waals surface area contributed by atoms with Crippen LogP contribution in [0.2, 0.25) is 5.02 Å². The molecule has 1 aromatic heterocycles. The molecule has 9 heteroatoms. The number of carbonyl (C=O) groups is 2. The largest absolute Gasteiger partial charge is 0.466 e. The number of benzene rings is 1. The maximum Gasteiger partial charge on any atom is 0.311 e. The van der Waals surface area contributed by atoms with Gasteiger partial charge in [-0.25, -0.2) is 4.98 Å². The van der Waals surface area contributed by atoms with Gasteiger partial charge in [-0.2, -0.15) is 0 Å². The number of hydrogen-bond donors (Lipinski definition) is 2. The fourth-order valence-corrected chi connectivity index (χ4v) is 2.94. The minimum absolute atomic E-state index is 0.0881. The molecule has 0 bridgehead atoms. The highest BCUT2D eigenvalue weighted by Crippen LogP contribution is 2.17. The summed E-state index contributed by atoms with van der Waals surface area (Å²) in [6.07, 6.45) is 0.0881. The Labute approximate surface area is 153 Å². The van der Waals surface area contributed by atoms with Crippen LogP contribution in [0.15, 0.2) is 29.6 Å². The molecular formula is C15H14ClN3O3S2. The first-order valence-corrected chi connectivity index (χ1v) is 8.63. The van der Waals surface area contributed by atoms with Gasteiger partial charge in [0.25, 0.3) is 5.91 Å². The van der Waals surface area contributed by atoms with Crippen molar-refractivity contribution < 1.29 is 14.3 Å². The number of carbonyl (C=O) groups excluding carboxylic acids is 2. The fourth-order valence-electron chi connectivity index (χ4n) is 1.75. The molecule has 1 amide bonds. The lowest BCUT2D eigenvalue weighted by molar-refractivity contribution is -0.142. The Kier molecular flexibility index (Phi) is 6.65. The second-order valence-corrected chi connectivity index (χ2v) is 6.19. The zero-order valence-corrected chi connectivity index (χ0v) is 15.1. The average molecular weight is 384 g/mol. The van der Waals surface area contributed by atoms with E-state index in [1.165, 1.54) is 11.3 Å². The standard InChI is InChI=1S/C15H14ClN3O3S2/c1-2-22-12(20)7-9-8-24-15(17-9)19-14(23)18-13(21)10-5-3-4-6-11(10)16/h3-6,8H,2,7H2,1H3,(H2,17,18,19,21,23). The number of amides is 1. The lowest BCUT2D eigenvalue weighted by Gasteiger charge is -2.08. The highest BCUT2D eigenvalue weighted by atomic mass is 35.5. The van der Waals surface area contributed by atoms with Crippen molar-refractivity contribution in [1.82, 2.24) is 10.3 Å². The predicted octanol–water partition coefficient (Wildman–Crippen LogP) is 3.03. The Bertz CT molecular complexity index is 764. The van der Waals surface area contributed by atoms with Crippen LogP contribution in [0, 0.1) is 0 Å². The maximum atomic E-state index is 12.1. The van der Waals surface area contributed by atoms with Gasteiger partial charge in [-0.15, -0.1) is 11.3 Å². The Morgan fingerprint density at radius 2 is 2.12 bits per heavy atom. The van der Waals surface area contributed by atoms with Gasteiger partial charge < -0.3 is 10.1 Å². The molecule has 0 aliphatic heterocycles. The van der Waals surface area contributed by atoms with Gasteiger partial charge in [0.1, 0.15) is 0 Å². The van der Waals surface area contributed by atoms with Gasteiger partial charge in [-0.05, 0) is 31.3 Å². The Morgan fingerprint density at radius 1 is 1.38 bits per heavy atom. The number of thiazole rings is 1. The number of nitrogens with zero attached hydrogens (tertiary/aromatic N) is 1. The monoisotopic (exact) mass is 383 g/mol. The molecule has 126 valence electrons. The fraction of sp³-hybridized carbons (Fsp3) is 0.200. The molecule has 1 heterocycles. The summed E-state index contributed by atoms with van der Waals surface area (Å²) in [5.41, 5.74) is 0.895. The summed E-state index contributed by atoms with van der Waals surface area (Å²) in [5.74, 6) is -0.759. The Morgan fingerprint density at radius 3 is 2.83 bits per heavy atom. The zero-order chi connectivity index (χ0) is 17.5. The van der Waals surface area contributed by atoms with Gasteiger partial charge in [-0.1, -0.05) is 23.7 Å². The topological polar surface area (TPSA) is 80.3 Å². The van der Waals surface area contributed by atoms with Crippen LogP contribution in [-0.4, -0.2) is 28.6 Å². The van der Waals surface area contributed by atoms with E-state index in [0.29, 0.717) is 28.0 Å². The van der Waals surface area contributed by atoms with E-state index in [9.17, 15) is 9.59 Å². The Hall–Kier alpha value is -2.03. The van der Waals surface area contributed by atoms with Crippen LogP contribution in [0.5, 0.6) is 0 Å². The van der Waals surface area contributed by atoms with Crippen molar-refractivity contribution in [1.29, 1.82) is 0 Å². The summed E-state index contributed by atoms with van der Waals surface area (Å²) in [4.78, 5) is 27.7. The molecule has 2 rings (SSSR count). The maximum absolute atomic E-state index is 12.1. The number of halogens is 1. The molecule has 0 saturated heterocycles. The van der Waals surface area contributed by atoms with Crippen molar-refractivity contribution >= 4 is 57.3 Å². The van der Waals surface area contributed by atoms with Crippen molar-refractivity contribution in [3.63, 3.8) is 0 Å². The SMILES string of the molecule is CCOC(=O)Cc1csc(NC(=S)NC(=O)c2ccccc2Cl)n1. The molecular weight excluding hydrogens is 370 g/mol. The Balaban J connectivity index is 1.91. The van der Waals surface area contributed by atoms with E-state index >= 15 is 0 Å². The van der Waals surface area contributed by atoms with Crippen molar-refractivity contribution in [2.24, 2.45) is 0 Å². The number of thiocarbonyl (C=S) groups is 1. The second kappa shape index (κ2) is 8.72. The molecule has 0 aliphatic carbocycles. The number of aromatic nitrogens is 1. The first-order valence-electron chi connectivity index (χ1n) is 6.96. The molecule has 0 aliphatic rings. The molecule has 0 spiro atoms. The summed E-state index contributed by atoms with van der Waals surface area (Å²) in [6.45, 7) is 2.07. The third-order valence-electron chi connectivity index (χ3n) is 2.75. The molecule has 0 saturated carbocycles. The van der Waals surface area contributed by atoms with Gasteiger partial charge in [0.2, 0.25) is 0 Å². The third-order valence-corrected chi connectivity index (χ3v) is 4.09. The van der Waals surface area contributed by atoms with Crippen molar-refractivity contribution in [3.8, 4) is 0 Å². The van der Waals surface area contributed by atoms with Gasteiger partial charge in [-0.3, -0.25) is 14.9 Å². The molecule has 0 fully saturated rings. The summed E-state index contributed by atoms with van der Waals surface area (Å²) < 4.78 is 4.86. The molecule has 0 unspecified atom stereocenters. The van der Waals surface area contributed by atoms with Crippen LogP contribution in [0.4, 0.5) is 5.13 Å². The van der Waals surface area contributed by atoms with Crippen LogP contribution >= 0.6 is 35.2 Å². The summed E-state index contributed by atoms with van der Waals surface area (Å²) >= 11 is 12.3. The third kappa shape index (κ3) is 5.26. The smallest absolute Gasteiger partial charge is 0.311 e. The van der Waals surface area contributed by atoms with Crippen LogP contribution < -0.4 is 10.6 Å². The van der Waals surface area contributed by atoms with Crippen molar-refractivity contribution in [3.05, 3.63) is 45.9 Å². The van der Waals surface area contributed by atoms with E-state index in [0.717, 1.165) is 0 Å². The molecule has 2 N–H and O–H groups in total. The number of anilines is 1. The molecule has 0 radical (unpaired) electrons. The first-order chi connectivity index (χ1) is 11.5. The predicted molar refractivity (Wildman–Crippen MR) is 97.6 cm³/mol. The van der Waals surface area contributed by atoms with E-state index < -0.39 is 5.91 Å². The zero-order valence-electron chi connectivity index (χ0n) is 12.7. The molecule has 1 aromatic carbocycles. The van der Waals surface area contributed by atoms with E-state index in [1.807, 2.05) is 0 Å². The van der Waals surface area contributed by atoms with Gasteiger partial charge in [0, 0.05) is 5.38 Å². The van der Waals surface area contributed by atoms with Gasteiger partial charge in [0.05, 0.1) is 29.3 Å². The number of hydrogen-bond acceptors (Lipinski definition) is 6. The highest BCUT2D eigenvalue weighted by Gasteiger charge is 2.13. The molecule has 0 atom stereocenters. The lowest BCUT2D eigenvalue weighted by Crippen LogP contribution is -2.34. The number of rotatable bonds is 5. The quantitative estimate of drug-likeness (QED) is 0.610. The normalized spacial score (nSPS) is 10.1. The molecule has 24 heavy (non-hydrogen) atoms. The number of ether oxygens (including phenoxy) is 1. The van der Waals surface area contributed by atoms with E-state index in [-0.39, 0.29) is 17.5 Å². The van der Waals surface area contributed by atoms with Crippen LogP contribution in [0.25, 0.3) is 0 Å². The summed E-state index contributed by atoms with van der Waals surface area (Å²) in [5, 5.41) is 7.95. The van der Waals surface area contributed by atoms with Crippen LogP contribution in [0.1, 0.15) is 23.0 Å². The first kappa shape index (κ1) is 18.3. The van der Waals surface area contributed by atoms with Gasteiger partial charge in [0.15, 0.2) is 10.2 Å². The molecule has 2 aromatic rings. The van der Waals surface area contributed by atoms with Gasteiger partial charge >= 0.3 is 5.97 Å².